The van der Waals surface area contributed by atoms with Crippen molar-refractivity contribution in [1.82, 2.24) is 19.4 Å². The Kier molecular flexibility index (Phi) is 4.49. The van der Waals surface area contributed by atoms with Crippen molar-refractivity contribution in [2.24, 2.45) is 5.92 Å². The van der Waals surface area contributed by atoms with E-state index in [-0.39, 0.29) is 12.1 Å². The number of aliphatic carboxylic acids is 1. The normalized spacial score (nSPS) is 12.2. The molecule has 0 aliphatic rings. The number of carboxylic acid groups (broad SMARTS) is 1. The van der Waals surface area contributed by atoms with Crippen LogP contribution in [0.4, 0.5) is 0 Å². The zero-order valence-electron chi connectivity index (χ0n) is 15.2. The van der Waals surface area contributed by atoms with Gasteiger partial charge in [0.1, 0.15) is 5.69 Å². The first kappa shape index (κ1) is 17.7. The summed E-state index contributed by atoms with van der Waals surface area (Å²) in [5.74, 6) is -1.70. The van der Waals surface area contributed by atoms with Crippen LogP contribution < -0.4 is 5.56 Å². The summed E-state index contributed by atoms with van der Waals surface area (Å²) < 4.78 is 2.98. The minimum Gasteiger partial charge on any atom is -0.481 e. The summed E-state index contributed by atoms with van der Waals surface area (Å²) >= 11 is 0. The van der Waals surface area contributed by atoms with E-state index < -0.39 is 11.9 Å². The lowest BCUT2D eigenvalue weighted by Gasteiger charge is -2.10. The Balaban J connectivity index is 1.92. The first-order chi connectivity index (χ1) is 13.5. The zero-order chi connectivity index (χ0) is 19.7. The van der Waals surface area contributed by atoms with Gasteiger partial charge in [-0.05, 0) is 18.2 Å². The standard InChI is InChI=1S/C21H18N4O3/c1-14(21(27)28)13-25-18(26)11-10-16(22-25)19-17-9-5-6-12-24(17)23-20(19)15-7-3-2-4-8-15/h2-12,14H,13H2,1H3,(H,27,28). The molecule has 0 saturated heterocycles. The number of rotatable bonds is 5. The molecule has 28 heavy (non-hydrogen) atoms. The second-order valence-corrected chi connectivity index (χ2v) is 6.60. The molecule has 140 valence electrons. The summed E-state index contributed by atoms with van der Waals surface area (Å²) in [6.07, 6.45) is 1.85. The number of hydrogen-bond donors (Lipinski definition) is 1. The Morgan fingerprint density at radius 2 is 1.79 bits per heavy atom. The molecular formula is C21H18N4O3. The van der Waals surface area contributed by atoms with E-state index in [0.717, 1.165) is 22.3 Å². The van der Waals surface area contributed by atoms with E-state index in [0.29, 0.717) is 5.69 Å². The van der Waals surface area contributed by atoms with Crippen LogP contribution in [-0.2, 0) is 11.3 Å². The van der Waals surface area contributed by atoms with E-state index >= 15 is 0 Å². The second kappa shape index (κ2) is 7.11. The highest BCUT2D eigenvalue weighted by Gasteiger charge is 2.19. The van der Waals surface area contributed by atoms with Crippen molar-refractivity contribution in [3.05, 3.63) is 77.2 Å². The highest BCUT2D eigenvalue weighted by atomic mass is 16.4. The van der Waals surface area contributed by atoms with Gasteiger partial charge in [-0.25, -0.2) is 9.20 Å². The number of carbonyl (C=O) groups is 1. The Morgan fingerprint density at radius 1 is 1.04 bits per heavy atom. The monoisotopic (exact) mass is 374 g/mol. The first-order valence-corrected chi connectivity index (χ1v) is 8.89. The van der Waals surface area contributed by atoms with E-state index in [4.69, 9.17) is 10.2 Å². The van der Waals surface area contributed by atoms with Gasteiger partial charge in [-0.2, -0.15) is 10.2 Å². The maximum Gasteiger partial charge on any atom is 0.308 e. The maximum atomic E-state index is 12.2. The summed E-state index contributed by atoms with van der Waals surface area (Å²) in [5, 5.41) is 18.3. The van der Waals surface area contributed by atoms with Gasteiger partial charge in [0, 0.05) is 17.8 Å². The van der Waals surface area contributed by atoms with Crippen LogP contribution in [0, 0.1) is 5.92 Å². The average Bonchev–Trinajstić information content (AvgIpc) is 3.10. The molecule has 0 amide bonds. The number of nitrogens with zero attached hydrogens (tertiary/aromatic N) is 4. The summed E-state index contributed by atoms with van der Waals surface area (Å²) in [6.45, 7) is 1.55. The number of benzene rings is 1. The minimum absolute atomic E-state index is 0.00187. The molecule has 3 heterocycles. The van der Waals surface area contributed by atoms with Crippen LogP contribution in [0.5, 0.6) is 0 Å². The predicted molar refractivity (Wildman–Crippen MR) is 105 cm³/mol. The fourth-order valence-electron chi connectivity index (χ4n) is 3.10. The van der Waals surface area contributed by atoms with Gasteiger partial charge >= 0.3 is 5.97 Å². The van der Waals surface area contributed by atoms with Gasteiger partial charge in [-0.1, -0.05) is 43.3 Å². The molecule has 0 aliphatic carbocycles. The lowest BCUT2D eigenvalue weighted by atomic mass is 10.0. The van der Waals surface area contributed by atoms with Crippen LogP contribution >= 0.6 is 0 Å². The lowest BCUT2D eigenvalue weighted by Crippen LogP contribution is -2.28. The van der Waals surface area contributed by atoms with Crippen LogP contribution in [0.15, 0.2) is 71.7 Å². The van der Waals surface area contributed by atoms with E-state index in [1.807, 2.05) is 54.7 Å². The van der Waals surface area contributed by atoms with E-state index in [1.54, 1.807) is 17.5 Å². The first-order valence-electron chi connectivity index (χ1n) is 8.89. The third kappa shape index (κ3) is 3.18. The zero-order valence-corrected chi connectivity index (χ0v) is 15.2. The lowest BCUT2D eigenvalue weighted by molar-refractivity contribution is -0.141. The molecule has 1 aromatic carbocycles. The van der Waals surface area contributed by atoms with Crippen molar-refractivity contribution < 1.29 is 9.90 Å². The van der Waals surface area contributed by atoms with Gasteiger partial charge in [0.15, 0.2) is 0 Å². The minimum atomic E-state index is -0.972. The molecule has 3 aromatic heterocycles. The topological polar surface area (TPSA) is 89.5 Å². The van der Waals surface area contributed by atoms with Crippen molar-refractivity contribution >= 4 is 11.5 Å². The van der Waals surface area contributed by atoms with E-state index in [1.165, 1.54) is 10.7 Å². The Bertz CT molecular complexity index is 1210. The Hall–Kier alpha value is -3.74. The highest BCUT2D eigenvalue weighted by Crippen LogP contribution is 2.33. The average molecular weight is 374 g/mol. The SMILES string of the molecule is CC(Cn1nc(-c2c(-c3ccccc3)nn3ccccc23)ccc1=O)C(=O)O. The number of carboxylic acids is 1. The van der Waals surface area contributed by atoms with Crippen molar-refractivity contribution in [3.8, 4) is 22.5 Å². The van der Waals surface area contributed by atoms with Crippen molar-refractivity contribution in [2.45, 2.75) is 13.5 Å². The van der Waals surface area contributed by atoms with E-state index in [2.05, 4.69) is 5.10 Å². The molecule has 1 N–H and O–H groups in total. The number of fused-ring (bicyclic) bond motifs is 1. The van der Waals surface area contributed by atoms with Gasteiger partial charge in [0.25, 0.3) is 5.56 Å². The van der Waals surface area contributed by atoms with Crippen molar-refractivity contribution in [3.63, 3.8) is 0 Å². The number of hydrogen-bond acceptors (Lipinski definition) is 4. The van der Waals surface area contributed by atoms with Gasteiger partial charge in [0.2, 0.25) is 0 Å². The highest BCUT2D eigenvalue weighted by molar-refractivity contribution is 5.90. The van der Waals surface area contributed by atoms with Gasteiger partial charge in [-0.3, -0.25) is 9.59 Å². The van der Waals surface area contributed by atoms with Crippen LogP contribution in [0.2, 0.25) is 0 Å². The van der Waals surface area contributed by atoms with Crippen molar-refractivity contribution in [2.75, 3.05) is 0 Å². The van der Waals surface area contributed by atoms with Crippen LogP contribution in [0.1, 0.15) is 6.92 Å². The molecule has 0 bridgehead atoms. The molecule has 7 heteroatoms. The molecule has 1 atom stereocenters. The molecule has 4 rings (SSSR count). The smallest absolute Gasteiger partial charge is 0.308 e. The Morgan fingerprint density at radius 3 is 2.54 bits per heavy atom. The molecule has 7 nitrogen and oxygen atoms in total. The molecule has 1 unspecified atom stereocenters. The summed E-state index contributed by atoms with van der Waals surface area (Å²) in [5.41, 5.74) is 3.55. The summed E-state index contributed by atoms with van der Waals surface area (Å²) in [4.78, 5) is 23.4. The molecule has 0 saturated carbocycles. The van der Waals surface area contributed by atoms with Gasteiger partial charge < -0.3 is 5.11 Å². The number of aromatic nitrogens is 4. The quantitative estimate of drug-likeness (QED) is 0.580. The summed E-state index contributed by atoms with van der Waals surface area (Å²) in [6, 6.07) is 18.5. The third-order valence-corrected chi connectivity index (χ3v) is 4.58. The van der Waals surface area contributed by atoms with Crippen LogP contribution in [0.3, 0.4) is 0 Å². The second-order valence-electron chi connectivity index (χ2n) is 6.60. The molecule has 0 spiro atoms. The Labute approximate surface area is 160 Å². The molecule has 0 fully saturated rings. The molecule has 0 aliphatic heterocycles. The molecular weight excluding hydrogens is 356 g/mol. The van der Waals surface area contributed by atoms with Crippen molar-refractivity contribution in [1.29, 1.82) is 0 Å². The fourth-order valence-corrected chi connectivity index (χ4v) is 3.10. The number of pyridine rings is 1. The fraction of sp³-hybridized carbons (Fsp3) is 0.143. The van der Waals surface area contributed by atoms with Crippen LogP contribution in [0.25, 0.3) is 28.0 Å². The molecule has 0 radical (unpaired) electrons. The van der Waals surface area contributed by atoms with Gasteiger partial charge in [-0.15, -0.1) is 0 Å². The van der Waals surface area contributed by atoms with Gasteiger partial charge in [0.05, 0.1) is 29.2 Å². The molecule has 4 aromatic rings. The van der Waals surface area contributed by atoms with Crippen LogP contribution in [-0.4, -0.2) is 30.5 Å². The maximum absolute atomic E-state index is 12.2. The third-order valence-electron chi connectivity index (χ3n) is 4.58. The predicted octanol–water partition coefficient (Wildman–Crippen LogP) is 2.95. The van der Waals surface area contributed by atoms with E-state index in [9.17, 15) is 9.59 Å². The largest absolute Gasteiger partial charge is 0.481 e. The summed E-state index contributed by atoms with van der Waals surface area (Å²) in [7, 11) is 0.